The van der Waals surface area contributed by atoms with E-state index in [1.807, 2.05) is 34.7 Å². The fourth-order valence-electron chi connectivity index (χ4n) is 4.05. The molecule has 1 atom stereocenters. The van der Waals surface area contributed by atoms with Gasteiger partial charge in [-0.15, -0.1) is 21.5 Å². The summed E-state index contributed by atoms with van der Waals surface area (Å²) in [7, 11) is 0. The van der Waals surface area contributed by atoms with E-state index in [0.29, 0.717) is 41.8 Å². The van der Waals surface area contributed by atoms with Crippen LogP contribution in [0, 0.1) is 5.92 Å². The van der Waals surface area contributed by atoms with Crippen LogP contribution in [-0.4, -0.2) is 42.1 Å². The van der Waals surface area contributed by atoms with E-state index in [0.717, 1.165) is 32.6 Å². The largest absolute Gasteiger partial charge is 0.481 e. The molecule has 1 unspecified atom stereocenters. The van der Waals surface area contributed by atoms with Crippen molar-refractivity contribution in [3.8, 4) is 0 Å². The maximum absolute atomic E-state index is 13.8. The van der Waals surface area contributed by atoms with Crippen molar-refractivity contribution in [2.45, 2.75) is 44.7 Å². The van der Waals surface area contributed by atoms with Crippen molar-refractivity contribution in [1.82, 2.24) is 19.2 Å². The monoisotopic (exact) mass is 470 g/mol. The molecule has 3 aromatic heterocycles. The summed E-state index contributed by atoms with van der Waals surface area (Å²) in [5.74, 6) is -0.313. The molecule has 4 heterocycles. The number of ether oxygens (including phenoxy) is 1. The molecule has 0 spiro atoms. The Morgan fingerprint density at radius 2 is 2.09 bits per heavy atom. The third kappa shape index (κ3) is 3.62. The van der Waals surface area contributed by atoms with Gasteiger partial charge < -0.3 is 9.84 Å². The van der Waals surface area contributed by atoms with E-state index in [9.17, 15) is 9.59 Å². The third-order valence-corrected chi connectivity index (χ3v) is 7.78. The molecule has 0 saturated heterocycles. The summed E-state index contributed by atoms with van der Waals surface area (Å²) in [5.41, 5.74) is 1.91. The van der Waals surface area contributed by atoms with E-state index in [2.05, 4.69) is 24.0 Å². The van der Waals surface area contributed by atoms with Gasteiger partial charge in [-0.05, 0) is 17.0 Å². The van der Waals surface area contributed by atoms with Gasteiger partial charge in [-0.1, -0.05) is 55.9 Å². The number of fused-ring (bicyclic) bond motifs is 5. The Hall–Kier alpha value is -2.69. The second kappa shape index (κ2) is 8.34. The third-order valence-electron chi connectivity index (χ3n) is 5.68. The molecule has 1 N–H and O–H groups in total. The van der Waals surface area contributed by atoms with Crippen molar-refractivity contribution < 1.29 is 14.6 Å². The zero-order valence-corrected chi connectivity index (χ0v) is 19.3. The summed E-state index contributed by atoms with van der Waals surface area (Å²) in [5, 5.41) is 18.8. The van der Waals surface area contributed by atoms with Crippen LogP contribution in [-0.2, 0) is 29.1 Å². The van der Waals surface area contributed by atoms with Gasteiger partial charge in [0.25, 0.3) is 5.56 Å². The van der Waals surface area contributed by atoms with E-state index in [1.165, 1.54) is 11.3 Å². The predicted octanol–water partition coefficient (Wildman–Crippen LogP) is 3.43. The predicted molar refractivity (Wildman–Crippen MR) is 124 cm³/mol. The van der Waals surface area contributed by atoms with Crippen LogP contribution in [0.25, 0.3) is 16.0 Å². The average Bonchev–Trinajstić information content (AvgIpc) is 3.36. The van der Waals surface area contributed by atoms with Crippen LogP contribution < -0.4 is 5.56 Å². The van der Waals surface area contributed by atoms with Crippen molar-refractivity contribution in [2.75, 3.05) is 5.75 Å². The molecule has 0 aliphatic carbocycles. The molecule has 8 nitrogen and oxygen atoms in total. The number of nitrogens with zero attached hydrogens (tertiary/aromatic N) is 4. The van der Waals surface area contributed by atoms with E-state index in [-0.39, 0.29) is 17.4 Å². The number of aromatic nitrogens is 4. The molecule has 1 aliphatic heterocycles. The molecule has 0 saturated carbocycles. The molecule has 166 valence electrons. The summed E-state index contributed by atoms with van der Waals surface area (Å²) >= 11 is 2.61. The Morgan fingerprint density at radius 1 is 1.31 bits per heavy atom. The van der Waals surface area contributed by atoms with Crippen molar-refractivity contribution in [3.63, 3.8) is 0 Å². The fraction of sp³-hybridized carbons (Fsp3) is 0.364. The first-order chi connectivity index (χ1) is 15.4. The minimum atomic E-state index is -0.931. The number of aliphatic carboxylic acids is 1. The average molecular weight is 471 g/mol. The number of rotatable bonds is 6. The smallest absolute Gasteiger partial charge is 0.313 e. The number of thiophene rings is 1. The Morgan fingerprint density at radius 3 is 2.81 bits per heavy atom. The van der Waals surface area contributed by atoms with Crippen molar-refractivity contribution in [1.29, 1.82) is 0 Å². The summed E-state index contributed by atoms with van der Waals surface area (Å²) in [4.78, 5) is 26.7. The van der Waals surface area contributed by atoms with Crippen LogP contribution in [0.5, 0.6) is 0 Å². The fourth-order valence-corrected chi connectivity index (χ4v) is 6.00. The molecule has 1 aliphatic rings. The van der Waals surface area contributed by atoms with E-state index >= 15 is 0 Å². The first-order valence-corrected chi connectivity index (χ1v) is 12.2. The lowest BCUT2D eigenvalue weighted by Gasteiger charge is -2.26. The highest BCUT2D eigenvalue weighted by atomic mass is 32.2. The summed E-state index contributed by atoms with van der Waals surface area (Å²) in [6.45, 7) is 5.07. The molecule has 4 aromatic rings. The van der Waals surface area contributed by atoms with Crippen LogP contribution in [0.15, 0.2) is 40.3 Å². The lowest BCUT2D eigenvalue weighted by atomic mass is 9.96. The number of carboxylic acid groups (broad SMARTS) is 1. The molecule has 32 heavy (non-hydrogen) atoms. The topological polar surface area (TPSA) is 98.7 Å². The quantitative estimate of drug-likeness (QED) is 0.431. The summed E-state index contributed by atoms with van der Waals surface area (Å²) < 4.78 is 9.52. The Balaban J connectivity index is 1.76. The molecular formula is C22H22N4O4S2. The lowest BCUT2D eigenvalue weighted by molar-refractivity contribution is -0.133. The number of benzene rings is 1. The first kappa shape index (κ1) is 21.2. The lowest BCUT2D eigenvalue weighted by Crippen LogP contribution is -2.28. The highest BCUT2D eigenvalue weighted by molar-refractivity contribution is 7.99. The molecule has 0 fully saturated rings. The first-order valence-electron chi connectivity index (χ1n) is 10.4. The van der Waals surface area contributed by atoms with Gasteiger partial charge in [0.1, 0.15) is 4.83 Å². The van der Waals surface area contributed by atoms with Gasteiger partial charge in [-0.3, -0.25) is 14.2 Å². The van der Waals surface area contributed by atoms with E-state index in [1.54, 1.807) is 4.57 Å². The van der Waals surface area contributed by atoms with Gasteiger partial charge in [-0.25, -0.2) is 4.40 Å². The molecule has 0 radical (unpaired) electrons. The van der Waals surface area contributed by atoms with E-state index in [4.69, 9.17) is 9.84 Å². The highest BCUT2D eigenvalue weighted by Gasteiger charge is 2.30. The Kier molecular flexibility index (Phi) is 5.52. The standard InChI is InChI=1S/C22H22N4O4S2/c1-12(2)15-8-14-16(10-30-15)32-20-18(14)19(29)25(9-13-6-4-3-5-7-13)21-23-24-22(26(20)21)31-11-17(27)28/h3-7,12,15H,8-11H2,1-2H3,(H,27,28). The van der Waals surface area contributed by atoms with Crippen LogP contribution in [0.1, 0.15) is 29.9 Å². The van der Waals surface area contributed by atoms with Crippen molar-refractivity contribution >= 4 is 45.1 Å². The number of hydrogen-bond acceptors (Lipinski definition) is 7. The molecule has 1 aromatic carbocycles. The zero-order valence-electron chi connectivity index (χ0n) is 17.6. The second-order valence-electron chi connectivity index (χ2n) is 8.16. The molecular weight excluding hydrogens is 448 g/mol. The van der Waals surface area contributed by atoms with Crippen molar-refractivity contribution in [3.05, 3.63) is 56.7 Å². The summed E-state index contributed by atoms with van der Waals surface area (Å²) in [6.07, 6.45) is 0.735. The minimum Gasteiger partial charge on any atom is -0.481 e. The van der Waals surface area contributed by atoms with Gasteiger partial charge in [0, 0.05) is 11.3 Å². The number of thioether (sulfide) groups is 1. The van der Waals surface area contributed by atoms with Crippen molar-refractivity contribution in [2.24, 2.45) is 5.92 Å². The van der Waals surface area contributed by atoms with Crippen LogP contribution in [0.4, 0.5) is 0 Å². The molecule has 0 bridgehead atoms. The Bertz CT molecular complexity index is 1370. The van der Waals surface area contributed by atoms with Gasteiger partial charge >= 0.3 is 5.97 Å². The van der Waals surface area contributed by atoms with Crippen LogP contribution in [0.3, 0.4) is 0 Å². The van der Waals surface area contributed by atoms with Crippen LogP contribution >= 0.6 is 23.1 Å². The van der Waals surface area contributed by atoms with Gasteiger partial charge in [0.2, 0.25) is 5.78 Å². The SMILES string of the molecule is CC(C)C1Cc2c(sc3c2c(=O)n(Cc2ccccc2)c2nnc(SCC(=O)O)n32)CO1. The van der Waals surface area contributed by atoms with Gasteiger partial charge in [0.05, 0.1) is 30.4 Å². The zero-order chi connectivity index (χ0) is 22.4. The number of carbonyl (C=O) groups is 1. The maximum Gasteiger partial charge on any atom is 0.313 e. The number of carboxylic acids is 1. The normalized spacial score (nSPS) is 16.2. The molecule has 5 rings (SSSR count). The molecule has 0 amide bonds. The van der Waals surface area contributed by atoms with E-state index < -0.39 is 5.97 Å². The Labute approximate surface area is 191 Å². The maximum atomic E-state index is 13.8. The van der Waals surface area contributed by atoms with Crippen LogP contribution in [0.2, 0.25) is 0 Å². The second-order valence-corrected chi connectivity index (χ2v) is 10.2. The number of hydrogen-bond donors (Lipinski definition) is 1. The highest BCUT2D eigenvalue weighted by Crippen LogP contribution is 2.37. The summed E-state index contributed by atoms with van der Waals surface area (Å²) in [6, 6.07) is 9.74. The molecule has 10 heteroatoms. The van der Waals surface area contributed by atoms with Gasteiger partial charge in [-0.2, -0.15) is 0 Å². The minimum absolute atomic E-state index is 0.0553. The van der Waals surface area contributed by atoms with Gasteiger partial charge in [0.15, 0.2) is 5.16 Å².